The van der Waals surface area contributed by atoms with Gasteiger partial charge in [0.2, 0.25) is 12.7 Å². The fraction of sp³-hybridized carbons (Fsp3) is 0.286. The van der Waals surface area contributed by atoms with Crippen molar-refractivity contribution in [3.05, 3.63) is 39.8 Å². The van der Waals surface area contributed by atoms with Crippen molar-refractivity contribution in [1.29, 1.82) is 5.26 Å². The lowest BCUT2D eigenvalue weighted by Gasteiger charge is -2.10. The second kappa shape index (κ2) is 7.93. The van der Waals surface area contributed by atoms with E-state index in [1.54, 1.807) is 0 Å². The van der Waals surface area contributed by atoms with Crippen molar-refractivity contribution in [2.45, 2.75) is 32.2 Å². The van der Waals surface area contributed by atoms with Gasteiger partial charge >= 0.3 is 0 Å². The molecule has 1 aliphatic heterocycles. The first-order valence-electron chi connectivity index (χ1n) is 9.16. The number of ether oxygens (including phenoxy) is 2. The normalized spacial score (nSPS) is 12.2. The first-order chi connectivity index (χ1) is 14.0. The van der Waals surface area contributed by atoms with Gasteiger partial charge in [0.1, 0.15) is 16.1 Å². The number of fused-ring (bicyclic) bond motifs is 2. The minimum atomic E-state index is -0.151. The van der Waals surface area contributed by atoms with Gasteiger partial charge in [-0.1, -0.05) is 18.7 Å². The smallest absolute Gasteiger partial charge is 0.235 e. The fourth-order valence-electron chi connectivity index (χ4n) is 3.11. The Morgan fingerprint density at radius 2 is 2.07 bits per heavy atom. The molecule has 3 aromatic rings. The predicted molar refractivity (Wildman–Crippen MR) is 115 cm³/mol. The number of aromatic nitrogens is 1. The third-order valence-electron chi connectivity index (χ3n) is 4.82. The number of rotatable bonds is 5. The zero-order valence-corrected chi connectivity index (χ0v) is 17.9. The number of thiophene rings is 1. The molecule has 0 spiro atoms. The Labute approximate surface area is 176 Å². The van der Waals surface area contributed by atoms with Crippen LogP contribution in [0.25, 0.3) is 10.9 Å². The summed E-state index contributed by atoms with van der Waals surface area (Å²) in [6.45, 7) is 6.13. The number of anilines is 1. The maximum absolute atomic E-state index is 12.5. The van der Waals surface area contributed by atoms with E-state index < -0.39 is 0 Å². The number of nitrogens with zero attached hydrogens (tertiary/aromatic N) is 2. The number of hydrogen-bond donors (Lipinski definition) is 1. The van der Waals surface area contributed by atoms with Gasteiger partial charge in [-0.2, -0.15) is 5.26 Å². The molecular weight excluding hydrogens is 406 g/mol. The molecule has 0 atom stereocenters. The van der Waals surface area contributed by atoms with Crippen LogP contribution in [0.5, 0.6) is 11.5 Å². The van der Waals surface area contributed by atoms with E-state index in [-0.39, 0.29) is 18.5 Å². The number of hydrogen-bond acceptors (Lipinski definition) is 7. The third kappa shape index (κ3) is 3.76. The van der Waals surface area contributed by atoms with Crippen molar-refractivity contribution >= 4 is 44.9 Å². The van der Waals surface area contributed by atoms with Gasteiger partial charge in [-0.05, 0) is 43.5 Å². The van der Waals surface area contributed by atoms with Gasteiger partial charge in [-0.25, -0.2) is 4.98 Å². The van der Waals surface area contributed by atoms with Crippen molar-refractivity contribution in [3.63, 3.8) is 0 Å². The second-order valence-electron chi connectivity index (χ2n) is 6.64. The van der Waals surface area contributed by atoms with Crippen LogP contribution in [0.2, 0.25) is 0 Å². The van der Waals surface area contributed by atoms with Crippen LogP contribution in [-0.2, 0) is 11.2 Å². The lowest BCUT2D eigenvalue weighted by molar-refractivity contribution is -0.113. The quantitative estimate of drug-likeness (QED) is 0.591. The van der Waals surface area contributed by atoms with Crippen molar-refractivity contribution in [2.75, 3.05) is 17.9 Å². The van der Waals surface area contributed by atoms with Crippen LogP contribution in [-0.4, -0.2) is 23.4 Å². The van der Waals surface area contributed by atoms with E-state index in [2.05, 4.69) is 24.4 Å². The molecule has 0 saturated heterocycles. The number of carbonyl (C=O) groups is 1. The molecule has 4 rings (SSSR count). The van der Waals surface area contributed by atoms with Crippen LogP contribution in [0.15, 0.2) is 23.2 Å². The van der Waals surface area contributed by atoms with E-state index in [9.17, 15) is 10.1 Å². The maximum atomic E-state index is 12.5. The number of thioether (sulfide) groups is 1. The highest BCUT2D eigenvalue weighted by atomic mass is 32.2. The van der Waals surface area contributed by atoms with Crippen LogP contribution in [0.3, 0.4) is 0 Å². The number of benzene rings is 1. The average molecular weight is 426 g/mol. The summed E-state index contributed by atoms with van der Waals surface area (Å²) in [7, 11) is 0. The molecule has 29 heavy (non-hydrogen) atoms. The van der Waals surface area contributed by atoms with Gasteiger partial charge in [0, 0.05) is 16.3 Å². The van der Waals surface area contributed by atoms with Gasteiger partial charge in [-0.15, -0.1) is 11.3 Å². The summed E-state index contributed by atoms with van der Waals surface area (Å²) in [4.78, 5) is 18.3. The Morgan fingerprint density at radius 3 is 2.79 bits per heavy atom. The van der Waals surface area contributed by atoms with Gasteiger partial charge in [0.05, 0.1) is 16.8 Å². The summed E-state index contributed by atoms with van der Waals surface area (Å²) in [5.41, 5.74) is 3.35. The van der Waals surface area contributed by atoms with Crippen LogP contribution >= 0.6 is 23.1 Å². The lowest BCUT2D eigenvalue weighted by Crippen LogP contribution is -2.14. The average Bonchev–Trinajstić information content (AvgIpc) is 3.27. The molecule has 0 aliphatic carbocycles. The topological polar surface area (TPSA) is 84.2 Å². The molecule has 1 N–H and O–H groups in total. The maximum Gasteiger partial charge on any atom is 0.235 e. The standard InChI is InChI=1S/C21H19N3O3S2/c1-4-13-5-14-6-17-18(27-10-26-17)7-16(14)23-20(13)28-9-19(25)24-21-15(8-22)11(2)12(3)29-21/h5-7H,4,9-10H2,1-3H3,(H,24,25). The molecular formula is C21H19N3O3S2. The van der Waals surface area contributed by atoms with E-state index in [0.717, 1.165) is 44.1 Å². The first-order valence-corrected chi connectivity index (χ1v) is 11.0. The largest absolute Gasteiger partial charge is 0.454 e. The molecule has 0 saturated carbocycles. The van der Waals surface area contributed by atoms with Gasteiger partial charge in [-0.3, -0.25) is 4.79 Å². The Bertz CT molecular complexity index is 1160. The van der Waals surface area contributed by atoms with Crippen molar-refractivity contribution < 1.29 is 14.3 Å². The highest BCUT2D eigenvalue weighted by Crippen LogP contribution is 2.37. The zero-order chi connectivity index (χ0) is 20.5. The SMILES string of the molecule is CCc1cc2cc3c(cc2nc1SCC(=O)Nc1sc(C)c(C)c1C#N)OCO3. The van der Waals surface area contributed by atoms with E-state index >= 15 is 0 Å². The predicted octanol–water partition coefficient (Wildman–Crippen LogP) is 4.81. The molecule has 0 unspecified atom stereocenters. The monoisotopic (exact) mass is 425 g/mol. The van der Waals surface area contributed by atoms with Crippen molar-refractivity contribution in [2.24, 2.45) is 0 Å². The van der Waals surface area contributed by atoms with Crippen LogP contribution < -0.4 is 14.8 Å². The first kappa shape index (κ1) is 19.6. The van der Waals surface area contributed by atoms with Gasteiger partial charge in [0.15, 0.2) is 11.5 Å². The summed E-state index contributed by atoms with van der Waals surface area (Å²) in [6, 6.07) is 8.08. The third-order valence-corrected chi connectivity index (χ3v) is 6.98. The molecule has 1 amide bonds. The number of nitriles is 1. The highest BCUT2D eigenvalue weighted by molar-refractivity contribution is 8.00. The summed E-state index contributed by atoms with van der Waals surface area (Å²) in [6.07, 6.45) is 0.809. The van der Waals surface area contributed by atoms with Crippen molar-refractivity contribution in [3.8, 4) is 17.6 Å². The molecule has 2 aromatic heterocycles. The van der Waals surface area contributed by atoms with Gasteiger partial charge in [0.25, 0.3) is 0 Å². The summed E-state index contributed by atoms with van der Waals surface area (Å²) >= 11 is 2.83. The number of carbonyl (C=O) groups excluding carboxylic acids is 1. The van der Waals surface area contributed by atoms with Crippen LogP contribution in [0.4, 0.5) is 5.00 Å². The summed E-state index contributed by atoms with van der Waals surface area (Å²) in [5, 5.41) is 14.6. The Balaban J connectivity index is 1.53. The van der Waals surface area contributed by atoms with E-state index in [1.165, 1.54) is 23.1 Å². The number of nitrogens with one attached hydrogen (secondary N) is 1. The fourth-order valence-corrected chi connectivity index (χ4v) is 5.03. The van der Waals surface area contributed by atoms with Gasteiger partial charge < -0.3 is 14.8 Å². The zero-order valence-electron chi connectivity index (χ0n) is 16.3. The number of amides is 1. The molecule has 6 nitrogen and oxygen atoms in total. The molecule has 148 valence electrons. The van der Waals surface area contributed by atoms with E-state index in [0.29, 0.717) is 16.3 Å². The number of aryl methyl sites for hydroxylation is 2. The molecule has 8 heteroatoms. The Kier molecular flexibility index (Phi) is 5.35. The van der Waals surface area contributed by atoms with E-state index in [1.807, 2.05) is 26.0 Å². The summed E-state index contributed by atoms with van der Waals surface area (Å²) < 4.78 is 10.9. The molecule has 1 aromatic carbocycles. The van der Waals surface area contributed by atoms with E-state index in [4.69, 9.17) is 14.5 Å². The number of pyridine rings is 1. The molecule has 0 radical (unpaired) electrons. The minimum absolute atomic E-state index is 0.151. The summed E-state index contributed by atoms with van der Waals surface area (Å²) in [5.74, 6) is 1.49. The Morgan fingerprint density at radius 1 is 1.31 bits per heavy atom. The minimum Gasteiger partial charge on any atom is -0.454 e. The molecule has 0 bridgehead atoms. The lowest BCUT2D eigenvalue weighted by atomic mass is 10.1. The van der Waals surface area contributed by atoms with Crippen LogP contribution in [0, 0.1) is 25.2 Å². The second-order valence-corrected chi connectivity index (χ2v) is 8.83. The Hall–Kier alpha value is -2.76. The van der Waals surface area contributed by atoms with Crippen molar-refractivity contribution in [1.82, 2.24) is 4.98 Å². The molecule has 1 aliphatic rings. The molecule has 3 heterocycles. The highest BCUT2D eigenvalue weighted by Gasteiger charge is 2.18. The van der Waals surface area contributed by atoms with Crippen LogP contribution in [0.1, 0.15) is 28.5 Å². The molecule has 0 fully saturated rings.